The highest BCUT2D eigenvalue weighted by Gasteiger charge is 2.30. The fraction of sp³-hybridized carbons (Fsp3) is 0.678. The van der Waals surface area contributed by atoms with E-state index < -0.39 is 97.5 Å². The van der Waals surface area contributed by atoms with Crippen LogP contribution in [0.4, 0.5) is 0 Å². The third kappa shape index (κ3) is 77.1. The number of esters is 4. The van der Waals surface area contributed by atoms with E-state index in [-0.39, 0.29) is 25.7 Å². The molecule has 0 saturated heterocycles. The van der Waals surface area contributed by atoms with Gasteiger partial charge in [-0.1, -0.05) is 289 Å². The largest absolute Gasteiger partial charge is 0.472 e. The van der Waals surface area contributed by atoms with Gasteiger partial charge in [-0.05, 0) is 154 Å². The maximum Gasteiger partial charge on any atom is 0.472 e. The molecule has 0 aromatic rings. The molecule has 106 heavy (non-hydrogen) atoms. The van der Waals surface area contributed by atoms with Crippen LogP contribution < -0.4 is 0 Å². The van der Waals surface area contributed by atoms with Crippen LogP contribution in [0.25, 0.3) is 0 Å². The van der Waals surface area contributed by atoms with Crippen LogP contribution in [-0.2, 0) is 65.4 Å². The lowest BCUT2D eigenvalue weighted by atomic mass is 10.1. The first kappa shape index (κ1) is 101. The number of aliphatic hydroxyl groups excluding tert-OH is 1. The van der Waals surface area contributed by atoms with E-state index >= 15 is 0 Å². The molecule has 0 amide bonds. The standard InChI is InChI=1S/C87H146O17P2/c1-5-9-13-17-21-25-29-33-37-39-40-42-45-48-52-56-60-64-68-72-85(90)98-78-83(104-87(92)74-70-66-62-58-54-50-46-41-38-34-30-26-22-18-14-10-6-2)80-102-106(95,96)100-76-81(88)75-99-105(93,94)101-79-82(103-86(91)73-69-65-61-57-53-49-44-36-32-28-24-20-16-12-8-4)77-97-84(89)71-67-63-59-55-51-47-43-35-31-27-23-19-15-11-7-3/h9,13,21,23,25,27,33-38,40,42-44,46,48,50,52,58,60,62,64,81-83,88H,5-8,10-12,14-20,22,24,26,28-32,39,41,45,47,49,51,53-57,59,61,63,65-80H2,1-4H3,(H,93,94)(H,95,96)/b13-9-,25-21-,27-23-,37-33-,38-34-,42-40-,43-35-,44-36-,50-46-,52-48-,62-58-,64-60-/t81-,82-,83-/m1/s1. The Labute approximate surface area is 643 Å². The smallest absolute Gasteiger partial charge is 0.462 e. The number of hydrogen-bond acceptors (Lipinski definition) is 15. The van der Waals surface area contributed by atoms with Gasteiger partial charge in [0.1, 0.15) is 19.3 Å². The second-order valence-electron chi connectivity index (χ2n) is 27.0. The second kappa shape index (κ2) is 78.1. The third-order valence-electron chi connectivity index (χ3n) is 16.8. The van der Waals surface area contributed by atoms with Crippen molar-refractivity contribution in [3.8, 4) is 0 Å². The summed E-state index contributed by atoms with van der Waals surface area (Å²) in [6.07, 6.45) is 89.9. The number of aliphatic hydroxyl groups is 1. The van der Waals surface area contributed by atoms with Gasteiger partial charge in [-0.3, -0.25) is 37.3 Å². The first-order valence-corrected chi connectivity index (χ1v) is 44.1. The van der Waals surface area contributed by atoms with Gasteiger partial charge in [-0.2, -0.15) is 0 Å². The lowest BCUT2D eigenvalue weighted by Crippen LogP contribution is -2.30. The van der Waals surface area contributed by atoms with Gasteiger partial charge < -0.3 is 33.8 Å². The Hall–Kier alpha value is -5.06. The second-order valence-corrected chi connectivity index (χ2v) is 29.9. The van der Waals surface area contributed by atoms with E-state index in [2.05, 4.69) is 143 Å². The summed E-state index contributed by atoms with van der Waals surface area (Å²) in [5.74, 6) is -2.36. The van der Waals surface area contributed by atoms with Crippen LogP contribution in [0.1, 0.15) is 323 Å². The van der Waals surface area contributed by atoms with Crippen molar-refractivity contribution in [3.05, 3.63) is 146 Å². The van der Waals surface area contributed by atoms with Crippen molar-refractivity contribution >= 4 is 39.5 Å². The minimum atomic E-state index is -5.01. The molecule has 0 radical (unpaired) electrons. The molecule has 0 aromatic carbocycles. The van der Waals surface area contributed by atoms with E-state index in [1.165, 1.54) is 96.3 Å². The molecule has 0 heterocycles. The van der Waals surface area contributed by atoms with Crippen molar-refractivity contribution < 1.29 is 80.2 Å². The summed E-state index contributed by atoms with van der Waals surface area (Å²) >= 11 is 0. The molecule has 19 heteroatoms. The maximum absolute atomic E-state index is 13.1. The number of carbonyl (C=O) groups is 4. The molecule has 2 unspecified atom stereocenters. The van der Waals surface area contributed by atoms with E-state index in [0.29, 0.717) is 38.5 Å². The molecule has 0 aliphatic rings. The van der Waals surface area contributed by atoms with Gasteiger partial charge >= 0.3 is 39.5 Å². The van der Waals surface area contributed by atoms with Crippen molar-refractivity contribution in [1.29, 1.82) is 0 Å². The third-order valence-corrected chi connectivity index (χ3v) is 18.7. The summed E-state index contributed by atoms with van der Waals surface area (Å²) < 4.78 is 68.5. The van der Waals surface area contributed by atoms with E-state index in [4.69, 9.17) is 37.0 Å². The van der Waals surface area contributed by atoms with Gasteiger partial charge in [-0.25, -0.2) is 9.13 Å². The summed E-state index contributed by atoms with van der Waals surface area (Å²) in [5, 5.41) is 10.6. The quantitative estimate of drug-likeness (QED) is 0.0169. The molecule has 0 spiro atoms. The van der Waals surface area contributed by atoms with Crippen LogP contribution in [0, 0.1) is 0 Å². The van der Waals surface area contributed by atoms with Gasteiger partial charge in [0.2, 0.25) is 0 Å². The molecule has 17 nitrogen and oxygen atoms in total. The Bertz CT molecular complexity index is 2580. The lowest BCUT2D eigenvalue weighted by molar-refractivity contribution is -0.161. The van der Waals surface area contributed by atoms with Crippen molar-refractivity contribution in [3.63, 3.8) is 0 Å². The average Bonchev–Trinajstić information content (AvgIpc) is 0.902. The van der Waals surface area contributed by atoms with Crippen LogP contribution in [0.5, 0.6) is 0 Å². The van der Waals surface area contributed by atoms with Crippen molar-refractivity contribution in [1.82, 2.24) is 0 Å². The van der Waals surface area contributed by atoms with Crippen LogP contribution in [0.15, 0.2) is 146 Å². The molecular formula is C87H146O17P2. The topological polar surface area (TPSA) is 237 Å². The number of ether oxygens (including phenoxy) is 4. The molecule has 0 bridgehead atoms. The van der Waals surface area contributed by atoms with Crippen LogP contribution >= 0.6 is 15.6 Å². The SMILES string of the molecule is CC/C=C\C/C=C\C/C=C\C/C=C\C/C=C\C/C=C\CCC(=O)OC[C@H](COP(=O)(O)OC[C@H](O)COP(=O)(O)OC[C@@H](COC(=O)CCCCCCC/C=C\C/C=C\CCCCC)OC(=O)CCCCCCC/C=C\CCCCCCCC)OC(=O)CCC/C=C\C/C=C\C/C=C\CCCCCCCC. The van der Waals surface area contributed by atoms with Gasteiger partial charge in [0.15, 0.2) is 12.2 Å². The number of phosphoric ester groups is 2. The number of rotatable bonds is 76. The van der Waals surface area contributed by atoms with E-state index in [1.54, 1.807) is 0 Å². The Balaban J connectivity index is 5.50. The predicted octanol–water partition coefficient (Wildman–Crippen LogP) is 24.2. The van der Waals surface area contributed by atoms with Crippen molar-refractivity contribution in [2.24, 2.45) is 0 Å². The highest BCUT2D eigenvalue weighted by Crippen LogP contribution is 2.45. The summed E-state index contributed by atoms with van der Waals surface area (Å²) in [6.45, 7) is 4.57. The van der Waals surface area contributed by atoms with Crippen LogP contribution in [-0.4, -0.2) is 96.7 Å². The summed E-state index contributed by atoms with van der Waals surface area (Å²) in [4.78, 5) is 73.0. The minimum Gasteiger partial charge on any atom is -0.462 e. The average molecular weight is 1530 g/mol. The Kier molecular flexibility index (Phi) is 74.3. The summed E-state index contributed by atoms with van der Waals surface area (Å²) in [5.41, 5.74) is 0. The van der Waals surface area contributed by atoms with Gasteiger partial charge in [0, 0.05) is 25.7 Å². The minimum absolute atomic E-state index is 0.00319. The zero-order chi connectivity index (χ0) is 77.4. The van der Waals surface area contributed by atoms with Crippen LogP contribution in [0.3, 0.4) is 0 Å². The maximum atomic E-state index is 13.1. The zero-order valence-electron chi connectivity index (χ0n) is 66.3. The Morgan fingerprint density at radius 3 is 0.877 bits per heavy atom. The number of carbonyl (C=O) groups excluding carboxylic acids is 4. The van der Waals surface area contributed by atoms with Crippen molar-refractivity contribution in [2.75, 3.05) is 39.6 Å². The molecule has 0 rings (SSSR count). The number of unbranched alkanes of at least 4 members (excludes halogenated alkanes) is 26. The fourth-order valence-corrected chi connectivity index (χ4v) is 12.1. The summed E-state index contributed by atoms with van der Waals surface area (Å²) in [7, 11) is -10.0. The highest BCUT2D eigenvalue weighted by atomic mass is 31.2. The van der Waals surface area contributed by atoms with Gasteiger partial charge in [0.25, 0.3) is 0 Å². The molecule has 0 saturated carbocycles. The lowest BCUT2D eigenvalue weighted by Gasteiger charge is -2.21. The van der Waals surface area contributed by atoms with Crippen LogP contribution in [0.2, 0.25) is 0 Å². The first-order chi connectivity index (χ1) is 51.7. The molecule has 5 atom stereocenters. The monoisotopic (exact) mass is 1530 g/mol. The summed E-state index contributed by atoms with van der Waals surface area (Å²) in [6, 6.07) is 0. The molecule has 0 fully saturated rings. The fourth-order valence-electron chi connectivity index (χ4n) is 10.5. The molecule has 0 aliphatic heterocycles. The molecule has 0 aromatic heterocycles. The van der Waals surface area contributed by atoms with E-state index in [0.717, 1.165) is 135 Å². The van der Waals surface area contributed by atoms with Gasteiger partial charge in [-0.15, -0.1) is 0 Å². The first-order valence-electron chi connectivity index (χ1n) is 41.1. The van der Waals surface area contributed by atoms with E-state index in [1.807, 2.05) is 30.4 Å². The molecule has 0 aliphatic carbocycles. The predicted molar refractivity (Wildman–Crippen MR) is 436 cm³/mol. The van der Waals surface area contributed by atoms with Gasteiger partial charge in [0.05, 0.1) is 26.4 Å². The normalized spacial score (nSPS) is 14.6. The Morgan fingerprint density at radius 1 is 0.274 bits per heavy atom. The Morgan fingerprint density at radius 2 is 0.519 bits per heavy atom. The highest BCUT2D eigenvalue weighted by molar-refractivity contribution is 7.47. The zero-order valence-corrected chi connectivity index (χ0v) is 68.1. The number of allylic oxidation sites excluding steroid dienone is 24. The number of hydrogen-bond donors (Lipinski definition) is 3. The number of phosphoric acid groups is 2. The molecule has 3 N–H and O–H groups in total. The molecular weight excluding hydrogens is 1380 g/mol. The van der Waals surface area contributed by atoms with Crippen molar-refractivity contribution in [2.45, 2.75) is 341 Å². The molecule has 606 valence electrons. The van der Waals surface area contributed by atoms with E-state index in [9.17, 15) is 43.2 Å².